The van der Waals surface area contributed by atoms with Crippen LogP contribution in [-0.4, -0.2) is 12.2 Å². The molecule has 0 aliphatic carbocycles. The molecule has 1 rings (SSSR count). The lowest BCUT2D eigenvalue weighted by Gasteiger charge is -2.28. The van der Waals surface area contributed by atoms with Gasteiger partial charge in [-0.25, -0.2) is 4.39 Å². The molecule has 16 heavy (non-hydrogen) atoms. The van der Waals surface area contributed by atoms with E-state index in [0.717, 1.165) is 6.07 Å². The molecule has 0 spiro atoms. The smallest absolute Gasteiger partial charge is 0.200 e. The van der Waals surface area contributed by atoms with Crippen LogP contribution in [0.15, 0.2) is 12.1 Å². The van der Waals surface area contributed by atoms with Crippen molar-refractivity contribution in [3.63, 3.8) is 0 Å². The summed E-state index contributed by atoms with van der Waals surface area (Å²) in [6.07, 6.45) is 0. The Labute approximate surface area is 93.9 Å². The molecule has 1 atom stereocenters. The zero-order valence-corrected chi connectivity index (χ0v) is 9.84. The second-order valence-electron chi connectivity index (χ2n) is 4.28. The van der Waals surface area contributed by atoms with E-state index in [1.165, 1.54) is 13.2 Å². The number of hydrogen-bond donors (Lipinski definition) is 1. The fraction of sp³-hybridized carbons (Fsp3) is 0.500. The highest BCUT2D eigenvalue weighted by atomic mass is 19.2. The minimum Gasteiger partial charge on any atom is -0.494 e. The molecule has 0 bridgehead atoms. The van der Waals surface area contributed by atoms with Crippen LogP contribution in [0.1, 0.15) is 26.3 Å². The Morgan fingerprint density at radius 3 is 2.31 bits per heavy atom. The van der Waals surface area contributed by atoms with Crippen molar-refractivity contribution in [2.75, 3.05) is 7.11 Å². The number of ether oxygens (including phenoxy) is 1. The van der Waals surface area contributed by atoms with Gasteiger partial charge >= 0.3 is 0 Å². The lowest BCUT2D eigenvalue weighted by Crippen LogP contribution is -2.28. The zero-order chi connectivity index (χ0) is 12.5. The maximum atomic E-state index is 13.3. The molecule has 0 radical (unpaired) electrons. The third kappa shape index (κ3) is 2.16. The van der Waals surface area contributed by atoms with E-state index in [4.69, 9.17) is 4.74 Å². The molecule has 1 unspecified atom stereocenters. The lowest BCUT2D eigenvalue weighted by atomic mass is 9.85. The first kappa shape index (κ1) is 12.9. The van der Waals surface area contributed by atoms with E-state index in [-0.39, 0.29) is 11.7 Å². The Balaban J connectivity index is 3.31. The number of aliphatic hydroxyl groups is 1. The Morgan fingerprint density at radius 2 is 1.88 bits per heavy atom. The molecular weight excluding hydrogens is 214 g/mol. The van der Waals surface area contributed by atoms with Crippen LogP contribution in [-0.2, 0) is 5.60 Å². The molecule has 0 amide bonds. The first-order valence-electron chi connectivity index (χ1n) is 5.06. The van der Waals surface area contributed by atoms with Gasteiger partial charge in [0.25, 0.3) is 0 Å². The van der Waals surface area contributed by atoms with Crippen molar-refractivity contribution in [2.24, 2.45) is 5.92 Å². The number of hydrogen-bond acceptors (Lipinski definition) is 2. The van der Waals surface area contributed by atoms with Crippen LogP contribution < -0.4 is 4.74 Å². The van der Waals surface area contributed by atoms with Gasteiger partial charge in [-0.05, 0) is 30.5 Å². The van der Waals surface area contributed by atoms with Gasteiger partial charge < -0.3 is 9.84 Å². The van der Waals surface area contributed by atoms with Crippen molar-refractivity contribution in [2.45, 2.75) is 26.4 Å². The Hall–Kier alpha value is -1.16. The zero-order valence-electron chi connectivity index (χ0n) is 9.84. The molecule has 0 saturated carbocycles. The molecule has 0 saturated heterocycles. The summed E-state index contributed by atoms with van der Waals surface area (Å²) in [5.41, 5.74) is -0.916. The first-order valence-corrected chi connectivity index (χ1v) is 5.06. The number of rotatable bonds is 3. The minimum atomic E-state index is -1.22. The van der Waals surface area contributed by atoms with E-state index < -0.39 is 17.2 Å². The predicted octanol–water partition coefficient (Wildman–Crippen LogP) is 2.84. The average molecular weight is 230 g/mol. The van der Waals surface area contributed by atoms with Crippen LogP contribution >= 0.6 is 0 Å². The third-order valence-electron chi connectivity index (χ3n) is 2.92. The highest BCUT2D eigenvalue weighted by Crippen LogP contribution is 2.33. The first-order chi connectivity index (χ1) is 7.30. The summed E-state index contributed by atoms with van der Waals surface area (Å²) >= 11 is 0. The van der Waals surface area contributed by atoms with Gasteiger partial charge in [0.2, 0.25) is 5.82 Å². The molecule has 1 aromatic rings. The van der Waals surface area contributed by atoms with Crippen molar-refractivity contribution < 1.29 is 18.6 Å². The molecule has 90 valence electrons. The molecule has 4 heteroatoms. The summed E-state index contributed by atoms with van der Waals surface area (Å²) in [5, 5.41) is 10.2. The van der Waals surface area contributed by atoms with Gasteiger partial charge in [0.15, 0.2) is 11.6 Å². The maximum Gasteiger partial charge on any atom is 0.200 e. The third-order valence-corrected chi connectivity index (χ3v) is 2.92. The molecule has 0 aromatic heterocycles. The monoisotopic (exact) mass is 230 g/mol. The number of methoxy groups -OCH3 is 1. The summed E-state index contributed by atoms with van der Waals surface area (Å²) in [7, 11) is 1.26. The standard InChI is InChI=1S/C12H16F2O2/c1-7(2)12(3,15)8-5-9(13)11(14)10(6-8)16-4/h5-7,15H,1-4H3. The molecule has 0 aliphatic rings. The van der Waals surface area contributed by atoms with E-state index >= 15 is 0 Å². The topological polar surface area (TPSA) is 29.5 Å². The van der Waals surface area contributed by atoms with Crippen molar-refractivity contribution in [1.82, 2.24) is 0 Å². The molecule has 0 fully saturated rings. The summed E-state index contributed by atoms with van der Waals surface area (Å²) < 4.78 is 31.2. The average Bonchev–Trinajstić information content (AvgIpc) is 2.21. The number of benzene rings is 1. The van der Waals surface area contributed by atoms with Gasteiger partial charge in [0, 0.05) is 0 Å². The second-order valence-corrected chi connectivity index (χ2v) is 4.28. The van der Waals surface area contributed by atoms with E-state index in [0.29, 0.717) is 5.56 Å². The molecule has 1 N–H and O–H groups in total. The van der Waals surface area contributed by atoms with Crippen molar-refractivity contribution >= 4 is 0 Å². The maximum absolute atomic E-state index is 13.3. The highest BCUT2D eigenvalue weighted by Gasteiger charge is 2.29. The van der Waals surface area contributed by atoms with Crippen LogP contribution in [0.2, 0.25) is 0 Å². The van der Waals surface area contributed by atoms with Gasteiger partial charge in [-0.2, -0.15) is 4.39 Å². The quantitative estimate of drug-likeness (QED) is 0.865. The largest absolute Gasteiger partial charge is 0.494 e. The van der Waals surface area contributed by atoms with Crippen molar-refractivity contribution in [3.8, 4) is 5.75 Å². The summed E-state index contributed by atoms with van der Waals surface area (Å²) in [4.78, 5) is 0. The minimum absolute atomic E-state index is 0.123. The van der Waals surface area contributed by atoms with E-state index in [2.05, 4.69) is 0 Å². The molecule has 0 heterocycles. The molecular formula is C12H16F2O2. The Morgan fingerprint density at radius 1 is 1.31 bits per heavy atom. The van der Waals surface area contributed by atoms with Crippen LogP contribution in [0.25, 0.3) is 0 Å². The van der Waals surface area contributed by atoms with Crippen molar-refractivity contribution in [1.29, 1.82) is 0 Å². The van der Waals surface area contributed by atoms with Crippen molar-refractivity contribution in [3.05, 3.63) is 29.3 Å². The van der Waals surface area contributed by atoms with Gasteiger partial charge in [0.05, 0.1) is 12.7 Å². The summed E-state index contributed by atoms with van der Waals surface area (Å²) in [5.74, 6) is -2.38. The van der Waals surface area contributed by atoms with Gasteiger partial charge in [-0.3, -0.25) is 0 Å². The molecule has 1 aromatic carbocycles. The second kappa shape index (κ2) is 4.37. The van der Waals surface area contributed by atoms with E-state index in [9.17, 15) is 13.9 Å². The predicted molar refractivity (Wildman–Crippen MR) is 57.3 cm³/mol. The summed E-state index contributed by atoms with van der Waals surface area (Å²) in [6.45, 7) is 5.16. The molecule has 2 nitrogen and oxygen atoms in total. The van der Waals surface area contributed by atoms with Gasteiger partial charge in [-0.15, -0.1) is 0 Å². The normalized spacial score (nSPS) is 15.0. The highest BCUT2D eigenvalue weighted by molar-refractivity contribution is 5.34. The van der Waals surface area contributed by atoms with Crippen LogP contribution in [0.3, 0.4) is 0 Å². The van der Waals surface area contributed by atoms with Gasteiger partial charge in [-0.1, -0.05) is 13.8 Å². The van der Waals surface area contributed by atoms with Crippen LogP contribution in [0, 0.1) is 17.6 Å². The Kier molecular flexibility index (Phi) is 3.53. The summed E-state index contributed by atoms with van der Waals surface area (Å²) in [6, 6.07) is 2.32. The van der Waals surface area contributed by atoms with Crippen LogP contribution in [0.4, 0.5) is 8.78 Å². The van der Waals surface area contributed by atoms with E-state index in [1.807, 2.05) is 0 Å². The fourth-order valence-electron chi connectivity index (χ4n) is 1.34. The lowest BCUT2D eigenvalue weighted by molar-refractivity contribution is 0.00846. The fourth-order valence-corrected chi connectivity index (χ4v) is 1.34. The Bertz CT molecular complexity index is 387. The van der Waals surface area contributed by atoms with Crippen LogP contribution in [0.5, 0.6) is 5.75 Å². The molecule has 0 aliphatic heterocycles. The SMILES string of the molecule is COc1cc(C(C)(O)C(C)C)cc(F)c1F. The van der Waals surface area contributed by atoms with E-state index in [1.54, 1.807) is 20.8 Å². The number of halogens is 2. The van der Waals surface area contributed by atoms with Gasteiger partial charge in [0.1, 0.15) is 0 Å².